The third-order valence-corrected chi connectivity index (χ3v) is 7.42. The van der Waals surface area contributed by atoms with Gasteiger partial charge in [-0.1, -0.05) is 168 Å². The highest BCUT2D eigenvalue weighted by molar-refractivity contribution is 4.74. The summed E-state index contributed by atoms with van der Waals surface area (Å²) in [6, 6.07) is 0. The molecule has 0 aromatic carbocycles. The van der Waals surface area contributed by atoms with E-state index in [1.54, 1.807) is 19.3 Å². The third kappa shape index (κ3) is 14.9. The average molecular weight is 393 g/mol. The Morgan fingerprint density at radius 3 is 1.32 bits per heavy atom. The quantitative estimate of drug-likeness (QED) is 0.181. The SMILES string of the molecule is CCCCCCCCCCCCCCCCCC(CCCC)C1CCCCC1. The Morgan fingerprint density at radius 2 is 0.857 bits per heavy atom. The van der Waals surface area contributed by atoms with Crippen LogP contribution in [-0.2, 0) is 0 Å². The second-order valence-corrected chi connectivity index (χ2v) is 10.0. The van der Waals surface area contributed by atoms with Crippen LogP contribution in [0.5, 0.6) is 0 Å². The molecule has 0 nitrogen and oxygen atoms in total. The van der Waals surface area contributed by atoms with E-state index < -0.39 is 0 Å². The minimum atomic E-state index is 1.07. The summed E-state index contributed by atoms with van der Waals surface area (Å²) in [4.78, 5) is 0. The van der Waals surface area contributed by atoms with Crippen molar-refractivity contribution in [3.63, 3.8) is 0 Å². The van der Waals surface area contributed by atoms with Crippen molar-refractivity contribution in [1.29, 1.82) is 0 Å². The van der Waals surface area contributed by atoms with E-state index in [-0.39, 0.29) is 0 Å². The summed E-state index contributed by atoms with van der Waals surface area (Å²) in [6.07, 6.45) is 35.8. The maximum absolute atomic E-state index is 2.37. The van der Waals surface area contributed by atoms with Crippen LogP contribution in [0.15, 0.2) is 0 Å². The molecule has 0 heteroatoms. The number of hydrogen-bond acceptors (Lipinski definition) is 0. The summed E-state index contributed by atoms with van der Waals surface area (Å²) < 4.78 is 0. The molecule has 1 rings (SSSR count). The Labute approximate surface area is 180 Å². The Morgan fingerprint density at radius 1 is 0.464 bits per heavy atom. The maximum atomic E-state index is 2.37. The smallest absolute Gasteiger partial charge is 0.0386 e. The van der Waals surface area contributed by atoms with Crippen LogP contribution in [0.25, 0.3) is 0 Å². The lowest BCUT2D eigenvalue weighted by atomic mass is 9.75. The summed E-state index contributed by atoms with van der Waals surface area (Å²) in [6.45, 7) is 4.67. The lowest BCUT2D eigenvalue weighted by Crippen LogP contribution is -2.18. The minimum Gasteiger partial charge on any atom is -0.0654 e. The molecule has 0 N–H and O–H groups in total. The van der Waals surface area contributed by atoms with Crippen molar-refractivity contribution < 1.29 is 0 Å². The van der Waals surface area contributed by atoms with Gasteiger partial charge in [0.2, 0.25) is 0 Å². The highest BCUT2D eigenvalue weighted by Gasteiger charge is 2.22. The molecule has 1 unspecified atom stereocenters. The molecule has 0 bridgehead atoms. The molecule has 168 valence electrons. The first-order chi connectivity index (χ1) is 13.9. The predicted octanol–water partition coefficient (Wildman–Crippen LogP) is 10.6. The Balaban J connectivity index is 1.87. The zero-order valence-corrected chi connectivity index (χ0v) is 20.1. The van der Waals surface area contributed by atoms with Crippen molar-refractivity contribution in [2.75, 3.05) is 0 Å². The normalized spacial score (nSPS) is 16.5. The van der Waals surface area contributed by atoms with Crippen LogP contribution in [0.1, 0.15) is 168 Å². The summed E-state index contributed by atoms with van der Waals surface area (Å²) in [5.74, 6) is 2.16. The molecule has 0 aromatic rings. The van der Waals surface area contributed by atoms with Gasteiger partial charge in [0.05, 0.1) is 0 Å². The van der Waals surface area contributed by atoms with E-state index in [1.165, 1.54) is 135 Å². The molecule has 0 aliphatic heterocycles. The van der Waals surface area contributed by atoms with E-state index in [4.69, 9.17) is 0 Å². The fourth-order valence-corrected chi connectivity index (χ4v) is 5.47. The van der Waals surface area contributed by atoms with Gasteiger partial charge in [-0.05, 0) is 11.8 Å². The van der Waals surface area contributed by atoms with Crippen molar-refractivity contribution >= 4 is 0 Å². The molecule has 1 atom stereocenters. The van der Waals surface area contributed by atoms with Crippen molar-refractivity contribution in [1.82, 2.24) is 0 Å². The fraction of sp³-hybridized carbons (Fsp3) is 1.00. The van der Waals surface area contributed by atoms with Gasteiger partial charge in [0.25, 0.3) is 0 Å². The highest BCUT2D eigenvalue weighted by Crippen LogP contribution is 2.35. The van der Waals surface area contributed by atoms with E-state index in [0.29, 0.717) is 0 Å². The molecule has 1 aliphatic carbocycles. The van der Waals surface area contributed by atoms with Gasteiger partial charge in [0.1, 0.15) is 0 Å². The second kappa shape index (κ2) is 20.3. The molecule has 0 radical (unpaired) electrons. The fourth-order valence-electron chi connectivity index (χ4n) is 5.47. The molecule has 28 heavy (non-hydrogen) atoms. The van der Waals surface area contributed by atoms with Crippen LogP contribution in [0.3, 0.4) is 0 Å². The minimum absolute atomic E-state index is 1.07. The van der Waals surface area contributed by atoms with Gasteiger partial charge in [-0.25, -0.2) is 0 Å². The molecule has 0 saturated heterocycles. The van der Waals surface area contributed by atoms with E-state index in [1.807, 2.05) is 0 Å². The third-order valence-electron chi connectivity index (χ3n) is 7.42. The van der Waals surface area contributed by atoms with Crippen molar-refractivity contribution in [2.45, 2.75) is 168 Å². The Hall–Kier alpha value is 0. The van der Waals surface area contributed by atoms with E-state index in [0.717, 1.165) is 11.8 Å². The summed E-state index contributed by atoms with van der Waals surface area (Å²) in [5, 5.41) is 0. The standard InChI is InChI=1S/C28H56/c1-3-5-7-8-9-10-11-12-13-14-15-16-17-18-20-24-27(23-6-4-2)28-25-21-19-22-26-28/h27-28H,3-26H2,1-2H3. The Kier molecular flexibility index (Phi) is 18.9. The molecule has 1 aliphatic rings. The first kappa shape index (κ1) is 26.0. The molecule has 0 amide bonds. The molecular formula is C28H56. The second-order valence-electron chi connectivity index (χ2n) is 10.0. The van der Waals surface area contributed by atoms with Crippen molar-refractivity contribution in [3.8, 4) is 0 Å². The van der Waals surface area contributed by atoms with Crippen LogP contribution in [0.4, 0.5) is 0 Å². The molecule has 0 aromatic heterocycles. The van der Waals surface area contributed by atoms with Gasteiger partial charge in [0, 0.05) is 0 Å². The van der Waals surface area contributed by atoms with Gasteiger partial charge < -0.3 is 0 Å². The van der Waals surface area contributed by atoms with Crippen LogP contribution < -0.4 is 0 Å². The van der Waals surface area contributed by atoms with Crippen LogP contribution in [0, 0.1) is 11.8 Å². The lowest BCUT2D eigenvalue weighted by molar-refractivity contribution is 0.216. The van der Waals surface area contributed by atoms with Crippen molar-refractivity contribution in [3.05, 3.63) is 0 Å². The first-order valence-electron chi connectivity index (χ1n) is 13.9. The topological polar surface area (TPSA) is 0 Å². The molecule has 1 fully saturated rings. The van der Waals surface area contributed by atoms with Crippen LogP contribution >= 0.6 is 0 Å². The molecular weight excluding hydrogens is 336 g/mol. The summed E-state index contributed by atoms with van der Waals surface area (Å²) in [7, 11) is 0. The average Bonchev–Trinajstić information content (AvgIpc) is 2.73. The van der Waals surface area contributed by atoms with E-state index in [2.05, 4.69) is 13.8 Å². The molecule has 1 saturated carbocycles. The van der Waals surface area contributed by atoms with Gasteiger partial charge in [-0.15, -0.1) is 0 Å². The first-order valence-corrected chi connectivity index (χ1v) is 13.9. The van der Waals surface area contributed by atoms with E-state index >= 15 is 0 Å². The van der Waals surface area contributed by atoms with Gasteiger partial charge in [0.15, 0.2) is 0 Å². The predicted molar refractivity (Wildman–Crippen MR) is 129 cm³/mol. The van der Waals surface area contributed by atoms with Gasteiger partial charge in [-0.2, -0.15) is 0 Å². The highest BCUT2D eigenvalue weighted by atomic mass is 14.3. The van der Waals surface area contributed by atoms with Crippen LogP contribution in [-0.4, -0.2) is 0 Å². The zero-order chi connectivity index (χ0) is 20.1. The lowest BCUT2D eigenvalue weighted by Gasteiger charge is -2.30. The molecule has 0 heterocycles. The van der Waals surface area contributed by atoms with Crippen molar-refractivity contribution in [2.24, 2.45) is 11.8 Å². The molecule has 0 spiro atoms. The number of hydrogen-bond donors (Lipinski definition) is 0. The zero-order valence-electron chi connectivity index (χ0n) is 20.1. The van der Waals surface area contributed by atoms with Crippen LogP contribution in [0.2, 0.25) is 0 Å². The van der Waals surface area contributed by atoms with Gasteiger partial charge in [-0.3, -0.25) is 0 Å². The summed E-state index contributed by atoms with van der Waals surface area (Å²) in [5.41, 5.74) is 0. The van der Waals surface area contributed by atoms with Gasteiger partial charge >= 0.3 is 0 Å². The number of rotatable bonds is 20. The number of unbranched alkanes of at least 4 members (excludes halogenated alkanes) is 15. The van der Waals surface area contributed by atoms with E-state index in [9.17, 15) is 0 Å². The Bertz CT molecular complexity index is 288. The maximum Gasteiger partial charge on any atom is -0.0386 e. The largest absolute Gasteiger partial charge is 0.0654 e. The summed E-state index contributed by atoms with van der Waals surface area (Å²) >= 11 is 0. The monoisotopic (exact) mass is 392 g/mol.